The lowest BCUT2D eigenvalue weighted by Gasteiger charge is -2.32. The highest BCUT2D eigenvalue weighted by Crippen LogP contribution is 2.24. The van der Waals surface area contributed by atoms with Gasteiger partial charge in [-0.1, -0.05) is 0 Å². The minimum atomic E-state index is -0.275. The second kappa shape index (κ2) is 8.66. The van der Waals surface area contributed by atoms with Crippen LogP contribution in [0.1, 0.15) is 29.8 Å². The summed E-state index contributed by atoms with van der Waals surface area (Å²) in [5, 5.41) is 4.51. The molecule has 0 radical (unpaired) electrons. The van der Waals surface area contributed by atoms with Gasteiger partial charge >= 0.3 is 0 Å². The summed E-state index contributed by atoms with van der Waals surface area (Å²) in [6.45, 7) is 4.04. The summed E-state index contributed by atoms with van der Waals surface area (Å²) < 4.78 is 14.9. The van der Waals surface area contributed by atoms with Crippen LogP contribution in [0.4, 0.5) is 4.39 Å². The van der Waals surface area contributed by atoms with Gasteiger partial charge < -0.3 is 9.80 Å². The maximum Gasteiger partial charge on any atom is 0.272 e. The van der Waals surface area contributed by atoms with Crippen molar-refractivity contribution in [3.05, 3.63) is 41.8 Å². The number of aromatic nitrogens is 2. The summed E-state index contributed by atoms with van der Waals surface area (Å²) in [6, 6.07) is 8.31. The van der Waals surface area contributed by atoms with Crippen molar-refractivity contribution in [3.63, 3.8) is 0 Å². The minimum absolute atomic E-state index is 0.0510. The predicted octanol–water partition coefficient (Wildman–Crippen LogP) is 3.27. The zero-order chi connectivity index (χ0) is 19.5. The Balaban J connectivity index is 1.56. The number of thioether (sulfide) groups is 1. The van der Waals surface area contributed by atoms with Gasteiger partial charge in [-0.15, -0.1) is 0 Å². The zero-order valence-electron chi connectivity index (χ0n) is 16.3. The molecule has 2 aliphatic rings. The van der Waals surface area contributed by atoms with Crippen LogP contribution in [0.2, 0.25) is 0 Å². The minimum Gasteiger partial charge on any atom is -0.332 e. The summed E-state index contributed by atoms with van der Waals surface area (Å²) in [5.74, 6) is 1.87. The fourth-order valence-corrected chi connectivity index (χ4v) is 5.14. The molecule has 2 saturated heterocycles. The molecule has 3 heterocycles. The van der Waals surface area contributed by atoms with Crippen LogP contribution in [-0.4, -0.2) is 69.2 Å². The molecule has 5 nitrogen and oxygen atoms in total. The van der Waals surface area contributed by atoms with E-state index < -0.39 is 0 Å². The number of likely N-dealkylation sites (tertiary alicyclic amines) is 1. The van der Waals surface area contributed by atoms with Crippen molar-refractivity contribution in [2.75, 3.05) is 37.7 Å². The maximum absolute atomic E-state index is 13.4. The van der Waals surface area contributed by atoms with Gasteiger partial charge in [0.05, 0.1) is 11.7 Å². The number of amides is 1. The molecule has 2 aliphatic heterocycles. The fraction of sp³-hybridized carbons (Fsp3) is 0.524. The summed E-state index contributed by atoms with van der Waals surface area (Å²) in [5.41, 5.74) is 2.11. The molecule has 1 amide bonds. The number of hydrogen-bond donors (Lipinski definition) is 0. The third-order valence-corrected chi connectivity index (χ3v) is 6.80. The van der Waals surface area contributed by atoms with Crippen molar-refractivity contribution in [3.8, 4) is 11.3 Å². The smallest absolute Gasteiger partial charge is 0.272 e. The molecule has 28 heavy (non-hydrogen) atoms. The third kappa shape index (κ3) is 4.25. The van der Waals surface area contributed by atoms with Crippen molar-refractivity contribution < 1.29 is 9.18 Å². The number of halogens is 1. The van der Waals surface area contributed by atoms with Gasteiger partial charge in [0.1, 0.15) is 11.5 Å². The van der Waals surface area contributed by atoms with E-state index in [0.29, 0.717) is 11.4 Å². The van der Waals surface area contributed by atoms with Crippen LogP contribution in [0.25, 0.3) is 11.3 Å². The first-order valence-corrected chi connectivity index (χ1v) is 11.2. The largest absolute Gasteiger partial charge is 0.332 e. The van der Waals surface area contributed by atoms with Crippen LogP contribution in [0.3, 0.4) is 0 Å². The third-order valence-electron chi connectivity index (χ3n) is 5.61. The van der Waals surface area contributed by atoms with E-state index in [4.69, 9.17) is 0 Å². The van der Waals surface area contributed by atoms with E-state index in [1.54, 1.807) is 16.8 Å². The van der Waals surface area contributed by atoms with E-state index in [2.05, 4.69) is 14.9 Å². The number of hydrogen-bond acceptors (Lipinski definition) is 4. The van der Waals surface area contributed by atoms with Crippen molar-refractivity contribution in [1.82, 2.24) is 19.6 Å². The molecule has 0 saturated carbocycles. The summed E-state index contributed by atoms with van der Waals surface area (Å²) in [6.07, 6.45) is 3.54. The van der Waals surface area contributed by atoms with E-state index >= 15 is 0 Å². The van der Waals surface area contributed by atoms with Crippen molar-refractivity contribution in [2.45, 2.75) is 25.3 Å². The highest BCUT2D eigenvalue weighted by atomic mass is 32.2. The average molecular weight is 403 g/mol. The van der Waals surface area contributed by atoms with Gasteiger partial charge in [0.2, 0.25) is 0 Å². The van der Waals surface area contributed by atoms with Crippen LogP contribution in [0.5, 0.6) is 0 Å². The lowest BCUT2D eigenvalue weighted by atomic mass is 10.1. The Bertz CT molecular complexity index is 816. The second-order valence-corrected chi connectivity index (χ2v) is 8.78. The lowest BCUT2D eigenvalue weighted by molar-refractivity contribution is 0.0655. The van der Waals surface area contributed by atoms with Crippen molar-refractivity contribution >= 4 is 17.7 Å². The Morgan fingerprint density at radius 1 is 1.18 bits per heavy atom. The van der Waals surface area contributed by atoms with Gasteiger partial charge in [-0.2, -0.15) is 16.9 Å². The average Bonchev–Trinajstić information content (AvgIpc) is 3.27. The van der Waals surface area contributed by atoms with E-state index in [1.807, 2.05) is 24.9 Å². The van der Waals surface area contributed by atoms with Crippen LogP contribution in [-0.2, 0) is 7.05 Å². The Labute approximate surface area is 169 Å². The Morgan fingerprint density at radius 3 is 2.68 bits per heavy atom. The molecule has 1 unspecified atom stereocenters. The standard InChI is InChI=1S/C21H27FN4OS/c1-24-20(13-19(23-24)16-5-7-17(22)8-6-16)21(27)26-11-4-12-28-15-18(26)14-25-9-2-3-10-25/h5-8,13,18H,2-4,9-12,14-15H2,1H3. The zero-order valence-corrected chi connectivity index (χ0v) is 17.1. The first-order valence-electron chi connectivity index (χ1n) is 10.0. The monoisotopic (exact) mass is 402 g/mol. The summed E-state index contributed by atoms with van der Waals surface area (Å²) >= 11 is 1.95. The molecule has 0 bridgehead atoms. The first kappa shape index (κ1) is 19.5. The van der Waals surface area contributed by atoms with Crippen LogP contribution in [0, 0.1) is 5.82 Å². The topological polar surface area (TPSA) is 41.4 Å². The van der Waals surface area contributed by atoms with Gasteiger partial charge in [-0.05, 0) is 68.4 Å². The molecule has 0 aliphatic carbocycles. The molecule has 2 aromatic rings. The molecule has 0 spiro atoms. The normalized spacial score (nSPS) is 21.1. The highest BCUT2D eigenvalue weighted by molar-refractivity contribution is 7.99. The van der Waals surface area contributed by atoms with E-state index in [1.165, 1.54) is 25.0 Å². The molecule has 1 aromatic heterocycles. The van der Waals surface area contributed by atoms with Crippen LogP contribution in [0.15, 0.2) is 30.3 Å². The molecular weight excluding hydrogens is 375 g/mol. The van der Waals surface area contributed by atoms with Gasteiger partial charge in [-0.25, -0.2) is 4.39 Å². The summed E-state index contributed by atoms with van der Waals surface area (Å²) in [7, 11) is 1.81. The maximum atomic E-state index is 13.4. The number of nitrogens with zero attached hydrogens (tertiary/aromatic N) is 4. The van der Waals surface area contributed by atoms with Crippen molar-refractivity contribution in [2.24, 2.45) is 7.05 Å². The second-order valence-electron chi connectivity index (χ2n) is 7.63. The van der Waals surface area contributed by atoms with Gasteiger partial charge in [0, 0.05) is 31.5 Å². The molecule has 1 aromatic carbocycles. The van der Waals surface area contributed by atoms with Gasteiger partial charge in [0.25, 0.3) is 5.91 Å². The number of rotatable bonds is 4. The SMILES string of the molecule is Cn1nc(-c2ccc(F)cc2)cc1C(=O)N1CCCSCC1CN1CCCC1. The van der Waals surface area contributed by atoms with E-state index in [0.717, 1.165) is 49.7 Å². The molecule has 0 N–H and O–H groups in total. The molecule has 4 rings (SSSR count). The first-order chi connectivity index (χ1) is 13.6. The summed E-state index contributed by atoms with van der Waals surface area (Å²) in [4.78, 5) is 18.0. The number of benzene rings is 1. The van der Waals surface area contributed by atoms with E-state index in [9.17, 15) is 9.18 Å². The van der Waals surface area contributed by atoms with E-state index in [-0.39, 0.29) is 17.8 Å². The molecule has 2 fully saturated rings. The number of carbonyl (C=O) groups excluding carboxylic acids is 1. The Kier molecular flexibility index (Phi) is 6.01. The molecule has 150 valence electrons. The fourth-order valence-electron chi connectivity index (χ4n) is 4.09. The Hall–Kier alpha value is -1.86. The molecule has 7 heteroatoms. The predicted molar refractivity (Wildman–Crippen MR) is 111 cm³/mol. The number of aryl methyl sites for hydroxylation is 1. The Morgan fingerprint density at radius 2 is 1.93 bits per heavy atom. The quantitative estimate of drug-likeness (QED) is 0.787. The van der Waals surface area contributed by atoms with Crippen LogP contribution >= 0.6 is 11.8 Å². The lowest BCUT2D eigenvalue weighted by Crippen LogP contribution is -2.48. The van der Waals surface area contributed by atoms with Gasteiger partial charge in [0.15, 0.2) is 0 Å². The highest BCUT2D eigenvalue weighted by Gasteiger charge is 2.30. The molecule has 1 atom stereocenters. The van der Waals surface area contributed by atoms with Gasteiger partial charge in [-0.3, -0.25) is 9.48 Å². The number of carbonyl (C=O) groups is 1. The van der Waals surface area contributed by atoms with Crippen LogP contribution < -0.4 is 0 Å². The van der Waals surface area contributed by atoms with Crippen molar-refractivity contribution in [1.29, 1.82) is 0 Å². The molecular formula is C21H27FN4OS.